The standard InChI is InChI=1S/C22H29ClN4O4/c1-3-5-6-7-8-9-10-18(29)30-14-22(4-2)16(28)13-17(31-22)27-12-11-15-19(24)25-21(23)26-20(15)27/h2,11-12,16-17,28H,3,5-10,13-14H2,1H3,(H2,24,25,26)/t16-,17+,22+/m0/s1. The molecule has 3 heterocycles. The summed E-state index contributed by atoms with van der Waals surface area (Å²) in [7, 11) is 0. The molecule has 31 heavy (non-hydrogen) atoms. The van der Waals surface area contributed by atoms with E-state index in [0.717, 1.165) is 19.3 Å². The lowest BCUT2D eigenvalue weighted by molar-refractivity contribution is -0.156. The second-order valence-corrected chi connectivity index (χ2v) is 8.21. The van der Waals surface area contributed by atoms with Crippen molar-refractivity contribution in [3.63, 3.8) is 0 Å². The maximum atomic E-state index is 12.1. The van der Waals surface area contributed by atoms with Gasteiger partial charge in [0.25, 0.3) is 0 Å². The molecule has 0 amide bonds. The largest absolute Gasteiger partial charge is 0.461 e. The van der Waals surface area contributed by atoms with Gasteiger partial charge in [0.1, 0.15) is 30.4 Å². The van der Waals surface area contributed by atoms with Gasteiger partial charge in [-0.25, -0.2) is 4.98 Å². The number of aliphatic hydroxyl groups excluding tert-OH is 1. The minimum Gasteiger partial charge on any atom is -0.461 e. The van der Waals surface area contributed by atoms with Crippen molar-refractivity contribution in [3.05, 3.63) is 17.5 Å². The monoisotopic (exact) mass is 448 g/mol. The third kappa shape index (κ3) is 5.29. The number of hydrogen-bond donors (Lipinski definition) is 2. The first-order valence-corrected chi connectivity index (χ1v) is 11.1. The zero-order valence-corrected chi connectivity index (χ0v) is 18.5. The van der Waals surface area contributed by atoms with Crippen LogP contribution in [-0.2, 0) is 14.3 Å². The number of anilines is 1. The number of fused-ring (bicyclic) bond motifs is 1. The highest BCUT2D eigenvalue weighted by Crippen LogP contribution is 2.39. The van der Waals surface area contributed by atoms with Crippen LogP contribution in [0.1, 0.15) is 64.5 Å². The number of nitrogen functional groups attached to an aromatic ring is 1. The summed E-state index contributed by atoms with van der Waals surface area (Å²) in [4.78, 5) is 20.3. The van der Waals surface area contributed by atoms with E-state index in [4.69, 9.17) is 33.2 Å². The van der Waals surface area contributed by atoms with Crippen molar-refractivity contribution < 1.29 is 19.4 Å². The number of unbranched alkanes of at least 4 members (excludes halogenated alkanes) is 5. The number of ether oxygens (including phenoxy) is 2. The normalized spacial score (nSPS) is 23.2. The molecule has 0 spiro atoms. The lowest BCUT2D eigenvalue weighted by Crippen LogP contribution is -2.43. The number of carbonyl (C=O) groups is 1. The third-order valence-corrected chi connectivity index (χ3v) is 5.79. The van der Waals surface area contributed by atoms with Gasteiger partial charge in [0.2, 0.25) is 5.28 Å². The fourth-order valence-electron chi connectivity index (χ4n) is 3.79. The maximum absolute atomic E-state index is 12.1. The predicted molar refractivity (Wildman–Crippen MR) is 118 cm³/mol. The summed E-state index contributed by atoms with van der Waals surface area (Å²) in [6.07, 6.45) is 12.8. The number of halogens is 1. The molecule has 2 aromatic rings. The van der Waals surface area contributed by atoms with E-state index in [2.05, 4.69) is 22.8 Å². The molecule has 3 atom stereocenters. The molecule has 9 heteroatoms. The van der Waals surface area contributed by atoms with Gasteiger partial charge in [-0.05, 0) is 24.1 Å². The van der Waals surface area contributed by atoms with Gasteiger partial charge in [-0.1, -0.05) is 44.9 Å². The van der Waals surface area contributed by atoms with E-state index in [1.807, 2.05) is 0 Å². The van der Waals surface area contributed by atoms with E-state index in [1.165, 1.54) is 19.3 Å². The molecule has 0 aromatic carbocycles. The number of aromatic nitrogens is 3. The Labute approximate surface area is 187 Å². The molecule has 1 saturated heterocycles. The summed E-state index contributed by atoms with van der Waals surface area (Å²) >= 11 is 5.94. The fraction of sp³-hybridized carbons (Fsp3) is 0.591. The molecule has 0 radical (unpaired) electrons. The van der Waals surface area contributed by atoms with Crippen LogP contribution in [0.2, 0.25) is 5.28 Å². The molecular weight excluding hydrogens is 420 g/mol. The van der Waals surface area contributed by atoms with E-state index in [-0.39, 0.29) is 30.1 Å². The van der Waals surface area contributed by atoms with Gasteiger partial charge in [0.15, 0.2) is 5.60 Å². The zero-order chi connectivity index (χ0) is 22.4. The van der Waals surface area contributed by atoms with Gasteiger partial charge in [-0.3, -0.25) is 4.79 Å². The molecule has 3 rings (SSSR count). The Bertz CT molecular complexity index is 957. The van der Waals surface area contributed by atoms with Crippen molar-refractivity contribution in [2.24, 2.45) is 0 Å². The lowest BCUT2D eigenvalue weighted by Gasteiger charge is -2.26. The Hall–Kier alpha value is -2.34. The summed E-state index contributed by atoms with van der Waals surface area (Å²) in [6.45, 7) is 1.95. The van der Waals surface area contributed by atoms with Crippen LogP contribution in [0, 0.1) is 12.3 Å². The lowest BCUT2D eigenvalue weighted by atomic mass is 9.99. The molecule has 3 N–H and O–H groups in total. The van der Waals surface area contributed by atoms with Crippen LogP contribution in [-0.4, -0.2) is 43.9 Å². The summed E-state index contributed by atoms with van der Waals surface area (Å²) in [5.74, 6) is 2.39. The average Bonchev–Trinajstić information content (AvgIpc) is 3.30. The molecule has 168 valence electrons. The van der Waals surface area contributed by atoms with Gasteiger partial charge in [-0.15, -0.1) is 6.42 Å². The van der Waals surface area contributed by atoms with Crippen LogP contribution < -0.4 is 5.73 Å². The first-order valence-electron chi connectivity index (χ1n) is 10.7. The van der Waals surface area contributed by atoms with Crippen molar-refractivity contribution in [2.45, 2.75) is 76.2 Å². The molecular formula is C22H29ClN4O4. The van der Waals surface area contributed by atoms with Crippen molar-refractivity contribution in [2.75, 3.05) is 12.3 Å². The second-order valence-electron chi connectivity index (χ2n) is 7.87. The smallest absolute Gasteiger partial charge is 0.305 e. The molecule has 8 nitrogen and oxygen atoms in total. The molecule has 1 fully saturated rings. The first-order chi connectivity index (χ1) is 14.9. The van der Waals surface area contributed by atoms with Crippen LogP contribution in [0.25, 0.3) is 11.0 Å². The van der Waals surface area contributed by atoms with Crippen molar-refractivity contribution >= 4 is 34.4 Å². The molecule has 0 unspecified atom stereocenters. The summed E-state index contributed by atoms with van der Waals surface area (Å²) in [6, 6.07) is 1.74. The molecule has 0 saturated carbocycles. The van der Waals surface area contributed by atoms with Crippen LogP contribution in [0.5, 0.6) is 0 Å². The number of terminal acetylenes is 1. The van der Waals surface area contributed by atoms with Crippen molar-refractivity contribution in [1.82, 2.24) is 14.5 Å². The molecule has 1 aliphatic rings. The number of nitrogens with zero attached hydrogens (tertiary/aromatic N) is 3. The van der Waals surface area contributed by atoms with Crippen LogP contribution >= 0.6 is 11.6 Å². The Kier molecular flexibility index (Phi) is 7.76. The van der Waals surface area contributed by atoms with Gasteiger partial charge < -0.3 is 24.9 Å². The van der Waals surface area contributed by atoms with E-state index in [1.54, 1.807) is 16.8 Å². The van der Waals surface area contributed by atoms with E-state index < -0.39 is 17.9 Å². The minimum absolute atomic E-state index is 0.00957. The van der Waals surface area contributed by atoms with Gasteiger partial charge in [0, 0.05) is 19.0 Å². The van der Waals surface area contributed by atoms with Crippen molar-refractivity contribution in [3.8, 4) is 12.3 Å². The Morgan fingerprint density at radius 2 is 2.16 bits per heavy atom. The number of hydrogen-bond acceptors (Lipinski definition) is 7. The summed E-state index contributed by atoms with van der Waals surface area (Å²) in [5.41, 5.74) is 4.95. The molecule has 0 aliphatic carbocycles. The highest BCUT2D eigenvalue weighted by molar-refractivity contribution is 6.28. The van der Waals surface area contributed by atoms with Crippen LogP contribution in [0.4, 0.5) is 5.82 Å². The number of aliphatic hydroxyl groups is 1. The number of rotatable bonds is 10. The topological polar surface area (TPSA) is 112 Å². The predicted octanol–water partition coefficient (Wildman–Crippen LogP) is 3.61. The average molecular weight is 449 g/mol. The fourth-order valence-corrected chi connectivity index (χ4v) is 3.97. The van der Waals surface area contributed by atoms with E-state index in [0.29, 0.717) is 17.5 Å². The Morgan fingerprint density at radius 3 is 2.90 bits per heavy atom. The molecule has 0 bridgehead atoms. The van der Waals surface area contributed by atoms with Gasteiger partial charge in [-0.2, -0.15) is 4.98 Å². The third-order valence-electron chi connectivity index (χ3n) is 5.62. The number of carbonyl (C=O) groups excluding carboxylic acids is 1. The van der Waals surface area contributed by atoms with Gasteiger partial charge in [0.05, 0.1) is 5.39 Å². The number of esters is 1. The summed E-state index contributed by atoms with van der Waals surface area (Å²) < 4.78 is 13.1. The quantitative estimate of drug-likeness (QED) is 0.247. The first kappa shape index (κ1) is 23.3. The summed E-state index contributed by atoms with van der Waals surface area (Å²) in [5, 5.41) is 11.3. The molecule has 1 aliphatic heterocycles. The molecule has 2 aromatic heterocycles. The van der Waals surface area contributed by atoms with E-state index >= 15 is 0 Å². The highest BCUT2D eigenvalue weighted by Gasteiger charge is 2.49. The van der Waals surface area contributed by atoms with Crippen molar-refractivity contribution in [1.29, 1.82) is 0 Å². The zero-order valence-electron chi connectivity index (χ0n) is 17.7. The Balaban J connectivity index is 1.60. The Morgan fingerprint density at radius 1 is 1.42 bits per heavy atom. The highest BCUT2D eigenvalue weighted by atomic mass is 35.5. The maximum Gasteiger partial charge on any atom is 0.305 e. The van der Waals surface area contributed by atoms with E-state index in [9.17, 15) is 9.90 Å². The second kappa shape index (κ2) is 10.3. The van der Waals surface area contributed by atoms with Gasteiger partial charge >= 0.3 is 5.97 Å². The SMILES string of the molecule is C#C[C@]1(COC(=O)CCCCCCCC)O[C@@H](n2ccc3c(N)nc(Cl)nc32)C[C@@H]1O. The van der Waals surface area contributed by atoms with Crippen LogP contribution in [0.3, 0.4) is 0 Å². The minimum atomic E-state index is -1.43. The number of nitrogens with two attached hydrogens (primary N) is 1. The van der Waals surface area contributed by atoms with Crippen LogP contribution in [0.15, 0.2) is 12.3 Å².